The maximum atomic E-state index is 4.45. The maximum absolute atomic E-state index is 4.45. The van der Waals surface area contributed by atoms with Gasteiger partial charge in [-0.15, -0.1) is 0 Å². The van der Waals surface area contributed by atoms with Crippen LogP contribution in [-0.2, 0) is 6.54 Å². The van der Waals surface area contributed by atoms with E-state index in [1.54, 1.807) is 0 Å². The van der Waals surface area contributed by atoms with Crippen molar-refractivity contribution in [1.82, 2.24) is 19.9 Å². The predicted octanol–water partition coefficient (Wildman–Crippen LogP) is 2.92. The highest BCUT2D eigenvalue weighted by Gasteiger charge is 2.05. The van der Waals surface area contributed by atoms with Crippen LogP contribution in [0.3, 0.4) is 0 Å². The molecule has 2 heterocycles. The lowest BCUT2D eigenvalue weighted by molar-refractivity contribution is 0.588. The normalized spacial score (nSPS) is 11.3. The van der Waals surface area contributed by atoms with Crippen LogP contribution in [0.25, 0.3) is 16.9 Å². The van der Waals surface area contributed by atoms with Crippen LogP contribution in [0, 0.1) is 0 Å². The Morgan fingerprint density at radius 3 is 2.85 bits per heavy atom. The largest absolute Gasteiger partial charge is 0.310 e. The summed E-state index contributed by atoms with van der Waals surface area (Å²) in [5.74, 6) is 0.904. The van der Waals surface area contributed by atoms with E-state index in [1.807, 2.05) is 41.4 Å². The van der Waals surface area contributed by atoms with Crippen molar-refractivity contribution in [1.29, 1.82) is 0 Å². The summed E-state index contributed by atoms with van der Waals surface area (Å²) >= 11 is 0. The summed E-state index contributed by atoms with van der Waals surface area (Å²) in [4.78, 5) is 8.86. The molecule has 0 aliphatic heterocycles. The number of hydrogen-bond donors (Lipinski definition) is 1. The molecule has 1 aromatic carbocycles. The summed E-state index contributed by atoms with van der Waals surface area (Å²) in [6.07, 6.45) is 3.67. The van der Waals surface area contributed by atoms with E-state index >= 15 is 0 Å². The molecule has 0 saturated heterocycles. The van der Waals surface area contributed by atoms with Crippen LogP contribution in [0.5, 0.6) is 0 Å². The SMILES string of the molecule is CC(C)NCc1ccnc(-n2cnc3ccccc32)c1. The molecule has 0 amide bonds. The van der Waals surface area contributed by atoms with Gasteiger partial charge in [-0.25, -0.2) is 9.97 Å². The fraction of sp³-hybridized carbons (Fsp3) is 0.250. The Labute approximate surface area is 118 Å². The average Bonchev–Trinajstić information content (AvgIpc) is 2.89. The van der Waals surface area contributed by atoms with E-state index in [-0.39, 0.29) is 0 Å². The Hall–Kier alpha value is -2.20. The van der Waals surface area contributed by atoms with Gasteiger partial charge in [-0.1, -0.05) is 26.0 Å². The monoisotopic (exact) mass is 266 g/mol. The van der Waals surface area contributed by atoms with Crippen molar-refractivity contribution in [3.8, 4) is 5.82 Å². The zero-order valence-corrected chi connectivity index (χ0v) is 11.7. The van der Waals surface area contributed by atoms with Gasteiger partial charge >= 0.3 is 0 Å². The summed E-state index contributed by atoms with van der Waals surface area (Å²) in [5, 5.41) is 3.42. The number of benzene rings is 1. The van der Waals surface area contributed by atoms with E-state index in [0.717, 1.165) is 23.4 Å². The third-order valence-electron chi connectivity index (χ3n) is 3.22. The molecule has 4 nitrogen and oxygen atoms in total. The van der Waals surface area contributed by atoms with Gasteiger partial charge in [-0.3, -0.25) is 4.57 Å². The third-order valence-corrected chi connectivity index (χ3v) is 3.22. The molecule has 0 bridgehead atoms. The molecule has 0 fully saturated rings. The first-order chi connectivity index (χ1) is 9.74. The molecule has 2 aromatic heterocycles. The van der Waals surface area contributed by atoms with Crippen LogP contribution >= 0.6 is 0 Å². The predicted molar refractivity (Wildman–Crippen MR) is 80.8 cm³/mol. The molecule has 0 aliphatic carbocycles. The van der Waals surface area contributed by atoms with Crippen LogP contribution in [0.1, 0.15) is 19.4 Å². The lowest BCUT2D eigenvalue weighted by atomic mass is 10.2. The minimum Gasteiger partial charge on any atom is -0.310 e. The summed E-state index contributed by atoms with van der Waals surface area (Å²) in [5.41, 5.74) is 3.29. The highest BCUT2D eigenvalue weighted by atomic mass is 15.1. The highest BCUT2D eigenvalue weighted by Crippen LogP contribution is 2.16. The molecule has 102 valence electrons. The molecule has 0 saturated carbocycles. The van der Waals surface area contributed by atoms with Crippen molar-refractivity contribution in [3.63, 3.8) is 0 Å². The molecule has 3 aromatic rings. The summed E-state index contributed by atoms with van der Waals surface area (Å²) < 4.78 is 2.02. The van der Waals surface area contributed by atoms with Crippen LogP contribution in [-0.4, -0.2) is 20.6 Å². The van der Waals surface area contributed by atoms with Crippen molar-refractivity contribution in [3.05, 3.63) is 54.5 Å². The standard InChI is InChI=1S/C16H18N4/c1-12(2)18-10-13-7-8-17-16(9-13)20-11-19-14-5-3-4-6-15(14)20/h3-9,11-12,18H,10H2,1-2H3. The quantitative estimate of drug-likeness (QED) is 0.789. The minimum atomic E-state index is 0.473. The Morgan fingerprint density at radius 1 is 1.15 bits per heavy atom. The van der Waals surface area contributed by atoms with Gasteiger partial charge in [0.1, 0.15) is 12.1 Å². The van der Waals surface area contributed by atoms with Crippen LogP contribution in [0.15, 0.2) is 48.9 Å². The zero-order chi connectivity index (χ0) is 13.9. The summed E-state index contributed by atoms with van der Waals surface area (Å²) in [7, 11) is 0. The van der Waals surface area contributed by atoms with Crippen LogP contribution in [0.2, 0.25) is 0 Å². The molecule has 0 aliphatic rings. The van der Waals surface area contributed by atoms with Crippen molar-refractivity contribution < 1.29 is 0 Å². The zero-order valence-electron chi connectivity index (χ0n) is 11.7. The Morgan fingerprint density at radius 2 is 2.00 bits per heavy atom. The minimum absolute atomic E-state index is 0.473. The van der Waals surface area contributed by atoms with Gasteiger partial charge in [0.05, 0.1) is 11.0 Å². The maximum Gasteiger partial charge on any atom is 0.138 e. The topological polar surface area (TPSA) is 42.7 Å². The molecule has 3 rings (SSSR count). The Bertz CT molecular complexity index is 715. The van der Waals surface area contributed by atoms with Crippen molar-refractivity contribution >= 4 is 11.0 Å². The molecular formula is C16H18N4. The van der Waals surface area contributed by atoms with E-state index in [2.05, 4.69) is 41.3 Å². The molecule has 1 N–H and O–H groups in total. The molecule has 0 radical (unpaired) electrons. The lowest BCUT2D eigenvalue weighted by Crippen LogP contribution is -2.21. The molecular weight excluding hydrogens is 248 g/mol. The molecule has 0 spiro atoms. The third kappa shape index (κ3) is 2.56. The second kappa shape index (κ2) is 5.43. The van der Waals surface area contributed by atoms with Crippen molar-refractivity contribution in [2.75, 3.05) is 0 Å². The van der Waals surface area contributed by atoms with E-state index < -0.39 is 0 Å². The first kappa shape index (κ1) is 12.8. The number of para-hydroxylation sites is 2. The molecule has 20 heavy (non-hydrogen) atoms. The van der Waals surface area contributed by atoms with E-state index in [4.69, 9.17) is 0 Å². The van der Waals surface area contributed by atoms with Gasteiger partial charge in [0, 0.05) is 18.8 Å². The van der Waals surface area contributed by atoms with E-state index in [0.29, 0.717) is 6.04 Å². The highest BCUT2D eigenvalue weighted by molar-refractivity contribution is 5.76. The van der Waals surface area contributed by atoms with E-state index in [1.165, 1.54) is 5.56 Å². The first-order valence-corrected chi connectivity index (χ1v) is 6.85. The number of fused-ring (bicyclic) bond motifs is 1. The van der Waals surface area contributed by atoms with Gasteiger partial charge in [-0.2, -0.15) is 0 Å². The fourth-order valence-corrected chi connectivity index (χ4v) is 2.17. The molecule has 0 unspecified atom stereocenters. The number of rotatable bonds is 4. The number of imidazole rings is 1. The van der Waals surface area contributed by atoms with Crippen molar-refractivity contribution in [2.45, 2.75) is 26.4 Å². The number of aromatic nitrogens is 3. The van der Waals surface area contributed by atoms with Gasteiger partial charge in [0.15, 0.2) is 0 Å². The van der Waals surface area contributed by atoms with Crippen LogP contribution < -0.4 is 5.32 Å². The Kier molecular flexibility index (Phi) is 3.48. The number of hydrogen-bond acceptors (Lipinski definition) is 3. The average molecular weight is 266 g/mol. The Balaban J connectivity index is 1.95. The number of nitrogens with one attached hydrogen (secondary N) is 1. The van der Waals surface area contributed by atoms with Gasteiger partial charge in [-0.05, 0) is 29.8 Å². The molecule has 0 atom stereocenters. The summed E-state index contributed by atoms with van der Waals surface area (Å²) in [6, 6.07) is 12.7. The first-order valence-electron chi connectivity index (χ1n) is 6.85. The fourth-order valence-electron chi connectivity index (χ4n) is 2.17. The smallest absolute Gasteiger partial charge is 0.138 e. The lowest BCUT2D eigenvalue weighted by Gasteiger charge is -2.09. The van der Waals surface area contributed by atoms with Gasteiger partial charge in [0.2, 0.25) is 0 Å². The van der Waals surface area contributed by atoms with Gasteiger partial charge in [0.25, 0.3) is 0 Å². The molecule has 4 heteroatoms. The second-order valence-electron chi connectivity index (χ2n) is 5.16. The van der Waals surface area contributed by atoms with Gasteiger partial charge < -0.3 is 5.32 Å². The second-order valence-corrected chi connectivity index (χ2v) is 5.16. The van der Waals surface area contributed by atoms with Crippen LogP contribution in [0.4, 0.5) is 0 Å². The van der Waals surface area contributed by atoms with Crippen molar-refractivity contribution in [2.24, 2.45) is 0 Å². The number of nitrogens with zero attached hydrogens (tertiary/aromatic N) is 3. The number of pyridine rings is 1. The van der Waals surface area contributed by atoms with E-state index in [9.17, 15) is 0 Å². The summed E-state index contributed by atoms with van der Waals surface area (Å²) in [6.45, 7) is 5.14.